The molecule has 1 aromatic rings. The maximum atomic E-state index is 12.2. The van der Waals surface area contributed by atoms with Gasteiger partial charge in [-0.2, -0.15) is 25.8 Å². The first kappa shape index (κ1) is 11.8. The average Bonchev–Trinajstić information content (AvgIpc) is 2.14. The van der Waals surface area contributed by atoms with Crippen molar-refractivity contribution in [3.63, 3.8) is 0 Å². The Kier molecular flexibility index (Phi) is 3.53. The molecule has 2 N–H and O–H groups in total. The fourth-order valence-corrected chi connectivity index (χ4v) is 1.07. The number of anilines is 1. The lowest BCUT2D eigenvalue weighted by atomic mass is 10.1. The number of hydrogen-bond acceptors (Lipinski definition) is 2. The molecule has 0 aromatic heterocycles. The summed E-state index contributed by atoms with van der Waals surface area (Å²) < 4.78 is 36.7. The Balaban J connectivity index is 3.09. The zero-order valence-electron chi connectivity index (χ0n) is 7.60. The predicted molar refractivity (Wildman–Crippen MR) is 56.6 cm³/mol. The van der Waals surface area contributed by atoms with E-state index in [1.165, 1.54) is 6.07 Å². The lowest BCUT2D eigenvalue weighted by Crippen LogP contribution is -2.06. The van der Waals surface area contributed by atoms with E-state index >= 15 is 0 Å². The van der Waals surface area contributed by atoms with Crippen LogP contribution in [0, 0.1) is 11.8 Å². The maximum absolute atomic E-state index is 12.2. The molecule has 0 unspecified atom stereocenters. The summed E-state index contributed by atoms with van der Waals surface area (Å²) in [6, 6.07) is 3.09. The monoisotopic (exact) mass is 231 g/mol. The minimum Gasteiger partial charge on any atom is -0.398 e. The summed E-state index contributed by atoms with van der Waals surface area (Å²) in [6.45, 7) is 0. The molecule has 1 rings (SSSR count). The fourth-order valence-electron chi connectivity index (χ4n) is 0.988. The van der Waals surface area contributed by atoms with Crippen LogP contribution in [0.2, 0.25) is 0 Å². The first-order valence-electron chi connectivity index (χ1n) is 4.01. The molecule has 0 aliphatic rings. The second kappa shape index (κ2) is 4.49. The summed E-state index contributed by atoms with van der Waals surface area (Å²) in [7, 11) is 0. The Morgan fingerprint density at radius 2 is 2.00 bits per heavy atom. The molecular formula is C10H8F3NS. The van der Waals surface area contributed by atoms with Gasteiger partial charge in [-0.3, -0.25) is 0 Å². The van der Waals surface area contributed by atoms with Crippen LogP contribution >= 0.6 is 12.6 Å². The normalized spacial score (nSPS) is 10.7. The Morgan fingerprint density at radius 3 is 2.47 bits per heavy atom. The van der Waals surface area contributed by atoms with E-state index in [-0.39, 0.29) is 5.69 Å². The highest BCUT2D eigenvalue weighted by atomic mass is 32.1. The lowest BCUT2D eigenvalue weighted by molar-refractivity contribution is -0.137. The quantitative estimate of drug-likeness (QED) is 0.400. The molecule has 1 nitrogen and oxygen atoms in total. The molecule has 15 heavy (non-hydrogen) atoms. The SMILES string of the molecule is Nc1cc(C(F)(F)F)ccc1C#CCS. The molecule has 0 radical (unpaired) electrons. The summed E-state index contributed by atoms with van der Waals surface area (Å²) in [5.74, 6) is 5.57. The molecule has 0 aliphatic carbocycles. The van der Waals surface area contributed by atoms with Gasteiger partial charge in [0.1, 0.15) is 0 Å². The minimum atomic E-state index is -4.37. The van der Waals surface area contributed by atoms with Crippen molar-refractivity contribution in [2.45, 2.75) is 6.18 Å². The summed E-state index contributed by atoms with van der Waals surface area (Å²) in [4.78, 5) is 0. The van der Waals surface area contributed by atoms with E-state index in [9.17, 15) is 13.2 Å². The Labute approximate surface area is 90.9 Å². The van der Waals surface area contributed by atoms with E-state index in [4.69, 9.17) is 5.73 Å². The van der Waals surface area contributed by atoms with Crippen LogP contribution in [0.3, 0.4) is 0 Å². The fraction of sp³-hybridized carbons (Fsp3) is 0.200. The molecule has 0 saturated heterocycles. The van der Waals surface area contributed by atoms with E-state index in [1.54, 1.807) is 0 Å². The number of halogens is 3. The van der Waals surface area contributed by atoms with Crippen LogP contribution in [0.15, 0.2) is 18.2 Å². The Morgan fingerprint density at radius 1 is 1.33 bits per heavy atom. The van der Waals surface area contributed by atoms with Gasteiger partial charge < -0.3 is 5.73 Å². The molecule has 0 amide bonds. The highest BCUT2D eigenvalue weighted by Gasteiger charge is 2.30. The summed E-state index contributed by atoms with van der Waals surface area (Å²) >= 11 is 3.86. The average molecular weight is 231 g/mol. The van der Waals surface area contributed by atoms with E-state index in [1.807, 2.05) is 0 Å². The molecule has 0 spiro atoms. The van der Waals surface area contributed by atoms with E-state index in [0.29, 0.717) is 11.3 Å². The summed E-state index contributed by atoms with van der Waals surface area (Å²) in [6.07, 6.45) is -4.37. The topological polar surface area (TPSA) is 26.0 Å². The third kappa shape index (κ3) is 3.10. The van der Waals surface area contributed by atoms with E-state index in [2.05, 4.69) is 24.5 Å². The van der Waals surface area contributed by atoms with Crippen molar-refractivity contribution in [3.05, 3.63) is 29.3 Å². The first-order valence-corrected chi connectivity index (χ1v) is 4.65. The molecule has 0 heterocycles. The number of hydrogen-bond donors (Lipinski definition) is 2. The molecule has 80 valence electrons. The van der Waals surface area contributed by atoms with Gasteiger partial charge in [0, 0.05) is 11.3 Å². The van der Waals surface area contributed by atoms with Gasteiger partial charge in [-0.15, -0.1) is 0 Å². The van der Waals surface area contributed by atoms with Gasteiger partial charge in [0.05, 0.1) is 11.3 Å². The standard InChI is InChI=1S/C10H8F3NS/c11-10(12,13)8-4-3-7(2-1-5-15)9(14)6-8/h3-4,6,15H,5,14H2. The van der Waals surface area contributed by atoms with Crippen molar-refractivity contribution < 1.29 is 13.2 Å². The molecule has 0 saturated carbocycles. The van der Waals surface area contributed by atoms with Crippen molar-refractivity contribution in [1.82, 2.24) is 0 Å². The maximum Gasteiger partial charge on any atom is 0.416 e. The molecule has 1 aromatic carbocycles. The highest BCUT2D eigenvalue weighted by Crippen LogP contribution is 2.31. The van der Waals surface area contributed by atoms with Gasteiger partial charge in [-0.1, -0.05) is 11.8 Å². The summed E-state index contributed by atoms with van der Waals surface area (Å²) in [5.41, 5.74) is 5.08. The predicted octanol–water partition coefficient (Wildman–Crippen LogP) is 2.57. The molecule has 0 fully saturated rings. The van der Waals surface area contributed by atoms with Gasteiger partial charge in [-0.25, -0.2) is 0 Å². The molecule has 0 aliphatic heterocycles. The molecule has 5 heteroatoms. The van der Waals surface area contributed by atoms with Gasteiger partial charge in [-0.05, 0) is 18.2 Å². The van der Waals surface area contributed by atoms with Crippen LogP contribution in [0.25, 0.3) is 0 Å². The van der Waals surface area contributed by atoms with Crippen LogP contribution < -0.4 is 5.73 Å². The van der Waals surface area contributed by atoms with E-state index in [0.717, 1.165) is 12.1 Å². The van der Waals surface area contributed by atoms with Crippen LogP contribution in [0.4, 0.5) is 18.9 Å². The zero-order chi connectivity index (χ0) is 11.5. The number of nitrogens with two attached hydrogens (primary N) is 1. The number of rotatable bonds is 0. The van der Waals surface area contributed by atoms with Gasteiger partial charge in [0.2, 0.25) is 0 Å². The number of nitrogen functional groups attached to an aromatic ring is 1. The molecule has 0 atom stereocenters. The largest absolute Gasteiger partial charge is 0.416 e. The second-order valence-corrected chi connectivity index (χ2v) is 3.08. The van der Waals surface area contributed by atoms with E-state index < -0.39 is 11.7 Å². The smallest absolute Gasteiger partial charge is 0.398 e. The second-order valence-electron chi connectivity index (χ2n) is 2.76. The first-order chi connectivity index (χ1) is 6.95. The van der Waals surface area contributed by atoms with Gasteiger partial charge in [0.15, 0.2) is 0 Å². The third-order valence-corrected chi connectivity index (χ3v) is 1.84. The van der Waals surface area contributed by atoms with Crippen molar-refractivity contribution in [1.29, 1.82) is 0 Å². The van der Waals surface area contributed by atoms with Gasteiger partial charge >= 0.3 is 6.18 Å². The van der Waals surface area contributed by atoms with Crippen molar-refractivity contribution >= 4 is 18.3 Å². The van der Waals surface area contributed by atoms with Crippen LogP contribution in [-0.4, -0.2) is 5.75 Å². The van der Waals surface area contributed by atoms with Crippen LogP contribution in [0.1, 0.15) is 11.1 Å². The number of alkyl halides is 3. The Bertz CT molecular complexity index is 415. The highest BCUT2D eigenvalue weighted by molar-refractivity contribution is 7.80. The third-order valence-electron chi connectivity index (χ3n) is 1.68. The van der Waals surface area contributed by atoms with Crippen molar-refractivity contribution in [2.75, 3.05) is 11.5 Å². The minimum absolute atomic E-state index is 0.0270. The van der Waals surface area contributed by atoms with Crippen molar-refractivity contribution in [2.24, 2.45) is 0 Å². The van der Waals surface area contributed by atoms with Gasteiger partial charge in [0.25, 0.3) is 0 Å². The molecule has 0 bridgehead atoms. The number of benzene rings is 1. The number of thiol groups is 1. The Hall–Kier alpha value is -1.28. The molecular weight excluding hydrogens is 223 g/mol. The van der Waals surface area contributed by atoms with Crippen molar-refractivity contribution in [3.8, 4) is 11.8 Å². The van der Waals surface area contributed by atoms with Crippen LogP contribution in [-0.2, 0) is 6.18 Å². The van der Waals surface area contributed by atoms with Crippen LogP contribution in [0.5, 0.6) is 0 Å². The zero-order valence-corrected chi connectivity index (χ0v) is 8.49. The lowest BCUT2D eigenvalue weighted by Gasteiger charge is -2.07. The summed E-state index contributed by atoms with van der Waals surface area (Å²) in [5, 5.41) is 0.